The predicted molar refractivity (Wildman–Crippen MR) is 87.3 cm³/mol. The van der Waals surface area contributed by atoms with Crippen LogP contribution in [0, 0.1) is 0 Å². The maximum Gasteiger partial charge on any atom is 0.115 e. The first-order chi connectivity index (χ1) is 10.2. The molecule has 1 atom stereocenters. The smallest absolute Gasteiger partial charge is 0.115 e. The minimum atomic E-state index is 0.191. The van der Waals surface area contributed by atoms with Gasteiger partial charge in [-0.05, 0) is 41.0 Å². The maximum absolute atomic E-state index is 9.56. The SMILES string of the molecule is CC(NCc1cccc2ccccc12)c1cccc(O)c1. The molecule has 0 aromatic heterocycles. The van der Waals surface area contributed by atoms with Crippen molar-refractivity contribution in [3.05, 3.63) is 77.9 Å². The Morgan fingerprint density at radius 1 is 0.952 bits per heavy atom. The van der Waals surface area contributed by atoms with E-state index in [0.717, 1.165) is 12.1 Å². The van der Waals surface area contributed by atoms with Gasteiger partial charge in [-0.25, -0.2) is 0 Å². The molecule has 2 heteroatoms. The first-order valence-electron chi connectivity index (χ1n) is 7.23. The summed E-state index contributed by atoms with van der Waals surface area (Å²) in [4.78, 5) is 0. The Morgan fingerprint density at radius 3 is 2.57 bits per heavy atom. The van der Waals surface area contributed by atoms with Gasteiger partial charge in [-0.15, -0.1) is 0 Å². The summed E-state index contributed by atoms with van der Waals surface area (Å²) < 4.78 is 0. The van der Waals surface area contributed by atoms with Crippen molar-refractivity contribution < 1.29 is 5.11 Å². The number of phenolic OH excluding ortho intramolecular Hbond substituents is 1. The molecule has 0 aliphatic rings. The molecule has 21 heavy (non-hydrogen) atoms. The van der Waals surface area contributed by atoms with Gasteiger partial charge in [0, 0.05) is 12.6 Å². The van der Waals surface area contributed by atoms with E-state index in [1.165, 1.54) is 16.3 Å². The van der Waals surface area contributed by atoms with Crippen molar-refractivity contribution in [1.29, 1.82) is 0 Å². The third-order valence-corrected chi connectivity index (χ3v) is 3.85. The topological polar surface area (TPSA) is 32.3 Å². The van der Waals surface area contributed by atoms with E-state index in [4.69, 9.17) is 0 Å². The van der Waals surface area contributed by atoms with Crippen LogP contribution in [0.25, 0.3) is 10.8 Å². The number of aromatic hydroxyl groups is 1. The molecule has 1 unspecified atom stereocenters. The molecular formula is C19H19NO. The average molecular weight is 277 g/mol. The van der Waals surface area contributed by atoms with E-state index in [-0.39, 0.29) is 6.04 Å². The molecule has 0 spiro atoms. The van der Waals surface area contributed by atoms with Gasteiger partial charge in [0.2, 0.25) is 0 Å². The maximum atomic E-state index is 9.56. The molecule has 3 aromatic carbocycles. The van der Waals surface area contributed by atoms with Crippen molar-refractivity contribution in [2.45, 2.75) is 19.5 Å². The summed E-state index contributed by atoms with van der Waals surface area (Å²) in [5, 5.41) is 15.6. The molecule has 0 amide bonds. The van der Waals surface area contributed by atoms with Crippen molar-refractivity contribution in [1.82, 2.24) is 5.32 Å². The average Bonchev–Trinajstić information content (AvgIpc) is 2.52. The second kappa shape index (κ2) is 5.98. The van der Waals surface area contributed by atoms with Crippen LogP contribution >= 0.6 is 0 Å². The third kappa shape index (κ3) is 3.06. The first-order valence-corrected chi connectivity index (χ1v) is 7.23. The number of hydrogen-bond acceptors (Lipinski definition) is 2. The Labute approximate surface area is 125 Å². The summed E-state index contributed by atoms with van der Waals surface area (Å²) in [6.45, 7) is 2.91. The van der Waals surface area contributed by atoms with Crippen LogP contribution in [0.2, 0.25) is 0 Å². The Bertz CT molecular complexity index is 746. The third-order valence-electron chi connectivity index (χ3n) is 3.85. The number of benzene rings is 3. The lowest BCUT2D eigenvalue weighted by atomic mass is 10.0. The number of rotatable bonds is 4. The zero-order valence-corrected chi connectivity index (χ0v) is 12.1. The van der Waals surface area contributed by atoms with Crippen molar-refractivity contribution >= 4 is 10.8 Å². The van der Waals surface area contributed by atoms with Gasteiger partial charge in [-0.2, -0.15) is 0 Å². The second-order valence-corrected chi connectivity index (χ2v) is 5.34. The first kappa shape index (κ1) is 13.7. The fourth-order valence-corrected chi connectivity index (χ4v) is 2.62. The standard InChI is InChI=1S/C19H19NO/c1-14(16-8-5-10-18(21)12-16)20-13-17-9-4-7-15-6-2-3-11-19(15)17/h2-12,14,20-21H,13H2,1H3. The van der Waals surface area contributed by atoms with Crippen LogP contribution < -0.4 is 5.32 Å². The molecule has 0 bridgehead atoms. The molecule has 0 saturated heterocycles. The molecule has 0 fully saturated rings. The summed E-state index contributed by atoms with van der Waals surface area (Å²) in [5.74, 6) is 0.311. The van der Waals surface area contributed by atoms with Crippen LogP contribution in [0.1, 0.15) is 24.1 Å². The Morgan fingerprint density at radius 2 is 1.71 bits per heavy atom. The van der Waals surface area contributed by atoms with E-state index >= 15 is 0 Å². The summed E-state index contributed by atoms with van der Waals surface area (Å²) in [7, 11) is 0. The van der Waals surface area contributed by atoms with Crippen LogP contribution in [0.3, 0.4) is 0 Å². The molecule has 106 valence electrons. The molecular weight excluding hydrogens is 258 g/mol. The highest BCUT2D eigenvalue weighted by molar-refractivity contribution is 5.85. The van der Waals surface area contributed by atoms with Crippen LogP contribution in [0.15, 0.2) is 66.7 Å². The van der Waals surface area contributed by atoms with E-state index in [1.54, 1.807) is 12.1 Å². The van der Waals surface area contributed by atoms with Gasteiger partial charge in [-0.3, -0.25) is 0 Å². The van der Waals surface area contributed by atoms with Crippen LogP contribution in [0.5, 0.6) is 5.75 Å². The predicted octanol–water partition coefficient (Wildman–Crippen LogP) is 4.40. The lowest BCUT2D eigenvalue weighted by Gasteiger charge is -2.15. The molecule has 3 aromatic rings. The minimum Gasteiger partial charge on any atom is -0.508 e. The van der Waals surface area contributed by atoms with Crippen LogP contribution in [-0.4, -0.2) is 5.11 Å². The number of phenols is 1. The summed E-state index contributed by atoms with van der Waals surface area (Å²) in [5.41, 5.74) is 2.38. The number of nitrogens with one attached hydrogen (secondary N) is 1. The molecule has 0 aliphatic carbocycles. The van der Waals surface area contributed by atoms with Gasteiger partial charge in [0.05, 0.1) is 0 Å². The quantitative estimate of drug-likeness (QED) is 0.741. The zero-order valence-electron chi connectivity index (χ0n) is 12.1. The fourth-order valence-electron chi connectivity index (χ4n) is 2.62. The van der Waals surface area contributed by atoms with Gasteiger partial charge >= 0.3 is 0 Å². The van der Waals surface area contributed by atoms with Crippen molar-refractivity contribution in [3.8, 4) is 5.75 Å². The molecule has 2 nitrogen and oxygen atoms in total. The second-order valence-electron chi connectivity index (χ2n) is 5.34. The highest BCUT2D eigenvalue weighted by atomic mass is 16.3. The highest BCUT2D eigenvalue weighted by Gasteiger charge is 2.06. The van der Waals surface area contributed by atoms with E-state index in [9.17, 15) is 5.11 Å². The summed E-state index contributed by atoms with van der Waals surface area (Å²) in [6.07, 6.45) is 0. The van der Waals surface area contributed by atoms with Gasteiger partial charge in [0.25, 0.3) is 0 Å². The van der Waals surface area contributed by atoms with Crippen molar-refractivity contribution in [3.63, 3.8) is 0 Å². The van der Waals surface area contributed by atoms with Gasteiger partial charge < -0.3 is 10.4 Å². The molecule has 0 heterocycles. The molecule has 2 N–H and O–H groups in total. The van der Waals surface area contributed by atoms with E-state index < -0.39 is 0 Å². The van der Waals surface area contributed by atoms with E-state index in [2.05, 4.69) is 54.7 Å². The number of fused-ring (bicyclic) bond motifs is 1. The van der Waals surface area contributed by atoms with Crippen molar-refractivity contribution in [2.24, 2.45) is 0 Å². The van der Waals surface area contributed by atoms with Crippen molar-refractivity contribution in [2.75, 3.05) is 0 Å². The van der Waals surface area contributed by atoms with Crippen LogP contribution in [0.4, 0.5) is 0 Å². The number of hydrogen-bond donors (Lipinski definition) is 2. The largest absolute Gasteiger partial charge is 0.508 e. The highest BCUT2D eigenvalue weighted by Crippen LogP contribution is 2.21. The van der Waals surface area contributed by atoms with Gasteiger partial charge in [0.15, 0.2) is 0 Å². The summed E-state index contributed by atoms with van der Waals surface area (Å²) in [6, 6.07) is 22.4. The van der Waals surface area contributed by atoms with Gasteiger partial charge in [0.1, 0.15) is 5.75 Å². The minimum absolute atomic E-state index is 0.191. The lowest BCUT2D eigenvalue weighted by Crippen LogP contribution is -2.18. The molecule has 0 aliphatic heterocycles. The van der Waals surface area contributed by atoms with Crippen LogP contribution in [-0.2, 0) is 6.54 Å². The Hall–Kier alpha value is -2.32. The normalized spacial score (nSPS) is 12.4. The lowest BCUT2D eigenvalue weighted by molar-refractivity contribution is 0.472. The summed E-state index contributed by atoms with van der Waals surface area (Å²) >= 11 is 0. The zero-order chi connectivity index (χ0) is 14.7. The van der Waals surface area contributed by atoms with Gasteiger partial charge in [-0.1, -0.05) is 54.6 Å². The molecule has 0 saturated carbocycles. The Balaban J connectivity index is 1.77. The monoisotopic (exact) mass is 277 g/mol. The molecule has 3 rings (SSSR count). The Kier molecular flexibility index (Phi) is 3.89. The fraction of sp³-hybridized carbons (Fsp3) is 0.158. The molecule has 0 radical (unpaired) electrons. The van der Waals surface area contributed by atoms with E-state index in [1.807, 2.05) is 12.1 Å². The van der Waals surface area contributed by atoms with E-state index in [0.29, 0.717) is 5.75 Å².